The Morgan fingerprint density at radius 3 is 2.95 bits per heavy atom. The maximum absolute atomic E-state index is 6.24. The minimum absolute atomic E-state index is 0.346. The van der Waals surface area contributed by atoms with Crippen molar-refractivity contribution in [3.8, 4) is 0 Å². The maximum atomic E-state index is 6.24. The second-order valence-corrected chi connectivity index (χ2v) is 5.87. The first-order chi connectivity index (χ1) is 10.1. The second kappa shape index (κ2) is 5.99. The quantitative estimate of drug-likeness (QED) is 0.841. The molecule has 0 spiro atoms. The van der Waals surface area contributed by atoms with Gasteiger partial charge in [0.2, 0.25) is 5.89 Å². The van der Waals surface area contributed by atoms with Gasteiger partial charge in [0.05, 0.1) is 19.0 Å². The van der Waals surface area contributed by atoms with Gasteiger partial charge in [0.1, 0.15) is 11.3 Å². The van der Waals surface area contributed by atoms with Crippen LogP contribution in [0.25, 0.3) is 0 Å². The predicted molar refractivity (Wildman–Crippen MR) is 75.5 cm³/mol. The van der Waals surface area contributed by atoms with E-state index in [1.165, 1.54) is 6.42 Å². The number of furan rings is 1. The van der Waals surface area contributed by atoms with E-state index in [1.807, 2.05) is 19.1 Å². The van der Waals surface area contributed by atoms with Crippen LogP contribution in [-0.2, 0) is 23.1 Å². The lowest BCUT2D eigenvalue weighted by atomic mass is 9.95. The molecule has 1 aliphatic carbocycles. The Morgan fingerprint density at radius 2 is 2.29 bits per heavy atom. The molecular formula is C15H21N3O3. The highest BCUT2D eigenvalue weighted by molar-refractivity contribution is 5.04. The topological polar surface area (TPSA) is 87.3 Å². The Kier molecular flexibility index (Phi) is 4.07. The van der Waals surface area contributed by atoms with Crippen LogP contribution in [0.4, 0.5) is 0 Å². The molecule has 1 fully saturated rings. The first-order valence-corrected chi connectivity index (χ1v) is 7.39. The van der Waals surface area contributed by atoms with E-state index in [0.29, 0.717) is 30.8 Å². The SMILES string of the molecule is CC(N)(COC1CCC1)c1noc(CCc2ccco2)n1. The molecule has 21 heavy (non-hydrogen) atoms. The van der Waals surface area contributed by atoms with E-state index in [4.69, 9.17) is 19.4 Å². The Bertz CT molecular complexity index is 558. The van der Waals surface area contributed by atoms with Gasteiger partial charge in [0.25, 0.3) is 0 Å². The zero-order valence-corrected chi connectivity index (χ0v) is 12.2. The van der Waals surface area contributed by atoms with Crippen LogP contribution in [-0.4, -0.2) is 22.9 Å². The molecule has 0 aromatic carbocycles. The maximum Gasteiger partial charge on any atom is 0.227 e. The number of ether oxygens (including phenoxy) is 1. The molecule has 1 aliphatic rings. The smallest absolute Gasteiger partial charge is 0.227 e. The predicted octanol–water partition coefficient (Wildman–Crippen LogP) is 2.19. The van der Waals surface area contributed by atoms with E-state index in [-0.39, 0.29) is 0 Å². The lowest BCUT2D eigenvalue weighted by Gasteiger charge is -2.29. The van der Waals surface area contributed by atoms with E-state index in [9.17, 15) is 0 Å². The van der Waals surface area contributed by atoms with Crippen molar-refractivity contribution in [2.24, 2.45) is 5.73 Å². The fraction of sp³-hybridized carbons (Fsp3) is 0.600. The molecule has 114 valence electrons. The summed E-state index contributed by atoms with van der Waals surface area (Å²) in [6.07, 6.45) is 6.86. The van der Waals surface area contributed by atoms with Crippen molar-refractivity contribution in [2.45, 2.75) is 50.7 Å². The minimum atomic E-state index is -0.720. The Balaban J connectivity index is 1.54. The van der Waals surface area contributed by atoms with Gasteiger partial charge in [-0.25, -0.2) is 0 Å². The molecule has 6 heteroatoms. The van der Waals surface area contributed by atoms with Crippen molar-refractivity contribution < 1.29 is 13.7 Å². The molecule has 2 N–H and O–H groups in total. The summed E-state index contributed by atoms with van der Waals surface area (Å²) in [4.78, 5) is 4.38. The standard InChI is InChI=1S/C15H21N3O3/c1-15(16,10-20-11-4-2-5-11)14-17-13(21-18-14)8-7-12-6-3-9-19-12/h3,6,9,11H,2,4-5,7-8,10,16H2,1H3. The number of hydrogen-bond acceptors (Lipinski definition) is 6. The monoisotopic (exact) mass is 291 g/mol. The third kappa shape index (κ3) is 3.51. The van der Waals surface area contributed by atoms with Gasteiger partial charge < -0.3 is 19.4 Å². The highest BCUT2D eigenvalue weighted by Gasteiger charge is 2.30. The molecule has 1 unspecified atom stereocenters. The molecule has 1 atom stereocenters. The van der Waals surface area contributed by atoms with Gasteiger partial charge in [-0.15, -0.1) is 0 Å². The van der Waals surface area contributed by atoms with Crippen LogP contribution in [0, 0.1) is 0 Å². The van der Waals surface area contributed by atoms with Crippen molar-refractivity contribution in [2.75, 3.05) is 6.61 Å². The largest absolute Gasteiger partial charge is 0.469 e. The molecule has 0 saturated heterocycles. The molecular weight excluding hydrogens is 270 g/mol. The fourth-order valence-electron chi connectivity index (χ4n) is 2.17. The molecule has 2 aromatic heterocycles. The summed E-state index contributed by atoms with van der Waals surface area (Å²) in [7, 11) is 0. The summed E-state index contributed by atoms with van der Waals surface area (Å²) in [6.45, 7) is 2.28. The summed E-state index contributed by atoms with van der Waals surface area (Å²) in [5.41, 5.74) is 5.52. The van der Waals surface area contributed by atoms with E-state index in [2.05, 4.69) is 10.1 Å². The number of nitrogens with two attached hydrogens (primary N) is 1. The number of hydrogen-bond donors (Lipinski definition) is 1. The molecule has 2 aromatic rings. The molecule has 0 radical (unpaired) electrons. The molecule has 0 bridgehead atoms. The number of rotatable bonds is 7. The molecule has 2 heterocycles. The van der Waals surface area contributed by atoms with Crippen molar-refractivity contribution >= 4 is 0 Å². The van der Waals surface area contributed by atoms with Gasteiger partial charge in [-0.05, 0) is 38.3 Å². The van der Waals surface area contributed by atoms with Crippen molar-refractivity contribution in [1.29, 1.82) is 0 Å². The first-order valence-electron chi connectivity index (χ1n) is 7.39. The van der Waals surface area contributed by atoms with Crippen LogP contribution in [0.2, 0.25) is 0 Å². The van der Waals surface area contributed by atoms with Crippen molar-refractivity contribution in [3.05, 3.63) is 35.9 Å². The van der Waals surface area contributed by atoms with Gasteiger partial charge in [-0.1, -0.05) is 5.16 Å². The van der Waals surface area contributed by atoms with Gasteiger partial charge >= 0.3 is 0 Å². The fourth-order valence-corrected chi connectivity index (χ4v) is 2.17. The summed E-state index contributed by atoms with van der Waals surface area (Å²) in [5.74, 6) is 1.97. The van der Waals surface area contributed by atoms with Crippen molar-refractivity contribution in [1.82, 2.24) is 10.1 Å². The first kappa shape index (κ1) is 14.3. The van der Waals surface area contributed by atoms with Gasteiger partial charge in [-0.2, -0.15) is 4.98 Å². The number of nitrogens with zero attached hydrogens (tertiary/aromatic N) is 2. The van der Waals surface area contributed by atoms with Crippen LogP contribution in [0.1, 0.15) is 43.7 Å². The normalized spacial score (nSPS) is 18.4. The molecule has 3 rings (SSSR count). The van der Waals surface area contributed by atoms with Gasteiger partial charge in [-0.3, -0.25) is 0 Å². The highest BCUT2D eigenvalue weighted by Crippen LogP contribution is 2.24. The Hall–Kier alpha value is -1.66. The summed E-state index contributed by atoms with van der Waals surface area (Å²) in [6, 6.07) is 3.79. The lowest BCUT2D eigenvalue weighted by molar-refractivity contribution is -0.0222. The molecule has 0 aliphatic heterocycles. The van der Waals surface area contributed by atoms with Gasteiger partial charge in [0, 0.05) is 12.8 Å². The van der Waals surface area contributed by atoms with Crippen molar-refractivity contribution in [3.63, 3.8) is 0 Å². The third-order valence-electron chi connectivity index (χ3n) is 3.82. The summed E-state index contributed by atoms with van der Waals surface area (Å²) >= 11 is 0. The number of aryl methyl sites for hydroxylation is 2. The van der Waals surface area contributed by atoms with Crippen LogP contribution in [0.5, 0.6) is 0 Å². The molecule has 1 saturated carbocycles. The van der Waals surface area contributed by atoms with Crippen LogP contribution in [0.3, 0.4) is 0 Å². The van der Waals surface area contributed by atoms with Crippen LogP contribution in [0.15, 0.2) is 27.3 Å². The average molecular weight is 291 g/mol. The zero-order chi connectivity index (χ0) is 14.7. The lowest BCUT2D eigenvalue weighted by Crippen LogP contribution is -2.41. The van der Waals surface area contributed by atoms with E-state index in [1.54, 1.807) is 6.26 Å². The minimum Gasteiger partial charge on any atom is -0.469 e. The Morgan fingerprint density at radius 1 is 1.43 bits per heavy atom. The van der Waals surface area contributed by atoms with E-state index >= 15 is 0 Å². The zero-order valence-electron chi connectivity index (χ0n) is 12.2. The second-order valence-electron chi connectivity index (χ2n) is 5.87. The third-order valence-corrected chi connectivity index (χ3v) is 3.82. The Labute approximate surface area is 123 Å². The van der Waals surface area contributed by atoms with E-state index in [0.717, 1.165) is 25.0 Å². The molecule has 0 amide bonds. The summed E-state index contributed by atoms with van der Waals surface area (Å²) in [5, 5.41) is 3.99. The van der Waals surface area contributed by atoms with Crippen LogP contribution < -0.4 is 5.73 Å². The molecule has 6 nitrogen and oxygen atoms in total. The number of aromatic nitrogens is 2. The van der Waals surface area contributed by atoms with E-state index < -0.39 is 5.54 Å². The van der Waals surface area contributed by atoms with Gasteiger partial charge in [0.15, 0.2) is 5.82 Å². The average Bonchev–Trinajstić information content (AvgIpc) is 3.06. The van der Waals surface area contributed by atoms with Crippen LogP contribution >= 0.6 is 0 Å². The highest BCUT2D eigenvalue weighted by atomic mass is 16.5. The summed E-state index contributed by atoms with van der Waals surface area (Å²) < 4.78 is 16.3.